The number of hydrogen-bond donors (Lipinski definition) is 1. The van der Waals surface area contributed by atoms with Crippen molar-refractivity contribution in [3.05, 3.63) is 28.1 Å². The van der Waals surface area contributed by atoms with Crippen molar-refractivity contribution < 1.29 is 10.0 Å². The van der Waals surface area contributed by atoms with Gasteiger partial charge in [-0.3, -0.25) is 10.1 Å². The summed E-state index contributed by atoms with van der Waals surface area (Å²) in [6, 6.07) is 1.02. The van der Waals surface area contributed by atoms with Crippen LogP contribution in [0, 0.1) is 10.1 Å². The van der Waals surface area contributed by atoms with Crippen molar-refractivity contribution in [2.24, 2.45) is 0 Å². The minimum atomic E-state index is -0.634. The minimum absolute atomic E-state index is 0.0316. The van der Waals surface area contributed by atoms with Crippen molar-refractivity contribution in [2.75, 3.05) is 0 Å². The van der Waals surface area contributed by atoms with Crippen molar-refractivity contribution >= 4 is 17.3 Å². The maximum absolute atomic E-state index is 10.2. The summed E-state index contributed by atoms with van der Waals surface area (Å²) >= 11 is 5.37. The Morgan fingerprint density at radius 1 is 1.75 bits per heavy atom. The van der Waals surface area contributed by atoms with E-state index in [1.807, 2.05) is 0 Å². The molecule has 0 atom stereocenters. The van der Waals surface area contributed by atoms with E-state index >= 15 is 0 Å². The van der Waals surface area contributed by atoms with E-state index in [0.29, 0.717) is 0 Å². The van der Waals surface area contributed by atoms with Crippen LogP contribution < -0.4 is 0 Å². The lowest BCUT2D eigenvalue weighted by atomic mass is 10.3. The van der Waals surface area contributed by atoms with Crippen molar-refractivity contribution in [3.8, 4) is 5.75 Å². The van der Waals surface area contributed by atoms with Gasteiger partial charge in [-0.25, -0.2) is 4.98 Å². The average molecular weight is 189 g/mol. The van der Waals surface area contributed by atoms with Crippen LogP contribution in [0.25, 0.3) is 0 Å². The summed E-state index contributed by atoms with van der Waals surface area (Å²) in [4.78, 5) is 13.1. The van der Waals surface area contributed by atoms with E-state index in [4.69, 9.17) is 16.7 Å². The second kappa shape index (κ2) is 3.36. The average Bonchev–Trinajstić information content (AvgIpc) is 2.04. The highest BCUT2D eigenvalue weighted by Gasteiger charge is 2.09. The summed E-state index contributed by atoms with van der Waals surface area (Å²) in [6.45, 7) is 0. The zero-order valence-corrected chi connectivity index (χ0v) is 6.65. The number of aromatic nitrogens is 1. The van der Waals surface area contributed by atoms with Gasteiger partial charge in [0.05, 0.1) is 22.6 Å². The van der Waals surface area contributed by atoms with Gasteiger partial charge in [-0.15, -0.1) is 11.6 Å². The van der Waals surface area contributed by atoms with Crippen LogP contribution in [0.3, 0.4) is 0 Å². The molecule has 0 aliphatic carbocycles. The van der Waals surface area contributed by atoms with Crippen molar-refractivity contribution in [3.63, 3.8) is 0 Å². The van der Waals surface area contributed by atoms with Crippen LogP contribution in [0.1, 0.15) is 5.69 Å². The predicted molar refractivity (Wildman–Crippen MR) is 42.1 cm³/mol. The van der Waals surface area contributed by atoms with E-state index in [2.05, 4.69) is 4.98 Å². The fourth-order valence-electron chi connectivity index (χ4n) is 0.674. The van der Waals surface area contributed by atoms with Crippen LogP contribution in [0.15, 0.2) is 12.3 Å². The molecule has 0 aromatic carbocycles. The standard InChI is InChI=1S/C6H5ClN2O3/c7-2-5-6(10)1-4(3-8-5)9(11)12/h1,3,10H,2H2. The zero-order chi connectivity index (χ0) is 9.14. The number of hydrogen-bond acceptors (Lipinski definition) is 4. The molecule has 0 unspecified atom stereocenters. The smallest absolute Gasteiger partial charge is 0.291 e. The number of alkyl halides is 1. The molecule has 0 radical (unpaired) electrons. The summed E-state index contributed by atoms with van der Waals surface area (Å²) in [5.74, 6) is -0.219. The number of pyridine rings is 1. The number of rotatable bonds is 2. The van der Waals surface area contributed by atoms with Gasteiger partial charge in [-0.2, -0.15) is 0 Å². The first kappa shape index (κ1) is 8.73. The third-order valence-electron chi connectivity index (χ3n) is 1.27. The molecule has 0 bridgehead atoms. The topological polar surface area (TPSA) is 76.3 Å². The van der Waals surface area contributed by atoms with Crippen molar-refractivity contribution in [2.45, 2.75) is 5.88 Å². The van der Waals surface area contributed by atoms with Crippen LogP contribution in [-0.4, -0.2) is 15.0 Å². The van der Waals surface area contributed by atoms with Gasteiger partial charge in [0.25, 0.3) is 5.69 Å². The lowest BCUT2D eigenvalue weighted by Crippen LogP contribution is -1.91. The summed E-state index contributed by atoms with van der Waals surface area (Å²) in [7, 11) is 0. The second-order valence-corrected chi connectivity index (χ2v) is 2.32. The molecule has 1 aromatic heterocycles. The number of nitrogens with zero attached hydrogens (tertiary/aromatic N) is 2. The molecule has 6 heteroatoms. The SMILES string of the molecule is O=[N+]([O-])c1cnc(CCl)c(O)c1. The molecular weight excluding hydrogens is 184 g/mol. The third kappa shape index (κ3) is 1.62. The molecule has 1 rings (SSSR count). The van der Waals surface area contributed by atoms with Crippen LogP contribution in [0.5, 0.6) is 5.75 Å². The molecule has 0 saturated heterocycles. The van der Waals surface area contributed by atoms with Gasteiger partial charge < -0.3 is 5.11 Å². The van der Waals surface area contributed by atoms with Gasteiger partial charge in [0.15, 0.2) is 0 Å². The lowest BCUT2D eigenvalue weighted by Gasteiger charge is -1.97. The summed E-state index contributed by atoms with van der Waals surface area (Å²) in [5, 5.41) is 19.3. The highest BCUT2D eigenvalue weighted by Crippen LogP contribution is 2.21. The maximum Gasteiger partial charge on any atom is 0.291 e. The highest BCUT2D eigenvalue weighted by molar-refractivity contribution is 6.17. The van der Waals surface area contributed by atoms with E-state index in [1.165, 1.54) is 0 Å². The number of nitro groups is 1. The fraction of sp³-hybridized carbons (Fsp3) is 0.167. The van der Waals surface area contributed by atoms with Crippen LogP contribution in [0.4, 0.5) is 5.69 Å². The molecule has 5 nitrogen and oxygen atoms in total. The van der Waals surface area contributed by atoms with E-state index in [-0.39, 0.29) is 23.0 Å². The Balaban J connectivity index is 3.10. The quantitative estimate of drug-likeness (QED) is 0.433. The van der Waals surface area contributed by atoms with Crippen molar-refractivity contribution in [1.82, 2.24) is 4.98 Å². The first-order valence-electron chi connectivity index (χ1n) is 3.03. The molecular formula is C6H5ClN2O3. The molecule has 1 heterocycles. The van der Waals surface area contributed by atoms with E-state index in [0.717, 1.165) is 12.3 Å². The number of halogens is 1. The van der Waals surface area contributed by atoms with E-state index < -0.39 is 4.92 Å². The molecule has 64 valence electrons. The van der Waals surface area contributed by atoms with E-state index in [1.54, 1.807) is 0 Å². The summed E-state index contributed by atoms with van der Waals surface area (Å²) < 4.78 is 0. The fourth-order valence-corrected chi connectivity index (χ4v) is 0.880. The molecule has 0 saturated carbocycles. The Morgan fingerprint density at radius 2 is 2.42 bits per heavy atom. The van der Waals surface area contributed by atoms with Gasteiger partial charge in [0.1, 0.15) is 11.9 Å². The Morgan fingerprint density at radius 3 is 2.83 bits per heavy atom. The maximum atomic E-state index is 10.2. The van der Waals surface area contributed by atoms with Crippen LogP contribution >= 0.6 is 11.6 Å². The Bertz CT molecular complexity index is 316. The third-order valence-corrected chi connectivity index (χ3v) is 1.52. The molecule has 1 aromatic rings. The molecule has 0 spiro atoms. The highest BCUT2D eigenvalue weighted by atomic mass is 35.5. The van der Waals surface area contributed by atoms with Gasteiger partial charge in [-0.05, 0) is 0 Å². The predicted octanol–water partition coefficient (Wildman–Crippen LogP) is 1.43. The molecule has 0 aliphatic rings. The van der Waals surface area contributed by atoms with Crippen molar-refractivity contribution in [1.29, 1.82) is 0 Å². The largest absolute Gasteiger partial charge is 0.506 e. The van der Waals surface area contributed by atoms with E-state index in [9.17, 15) is 10.1 Å². The monoisotopic (exact) mass is 188 g/mol. The Labute approximate surface area is 72.8 Å². The molecule has 1 N–H and O–H groups in total. The van der Waals surface area contributed by atoms with Gasteiger partial charge in [0, 0.05) is 0 Å². The summed E-state index contributed by atoms with van der Waals surface area (Å²) in [5.41, 5.74) is -0.0105. The first-order valence-corrected chi connectivity index (χ1v) is 3.57. The molecule has 0 aliphatic heterocycles. The Hall–Kier alpha value is -1.36. The molecule has 12 heavy (non-hydrogen) atoms. The summed E-state index contributed by atoms with van der Waals surface area (Å²) in [6.07, 6.45) is 1.05. The van der Waals surface area contributed by atoms with Gasteiger partial charge >= 0.3 is 0 Å². The van der Waals surface area contributed by atoms with Crippen LogP contribution in [-0.2, 0) is 5.88 Å². The normalized spacial score (nSPS) is 9.75. The molecule has 0 fully saturated rings. The lowest BCUT2D eigenvalue weighted by molar-refractivity contribution is -0.385. The first-order chi connectivity index (χ1) is 5.65. The second-order valence-electron chi connectivity index (χ2n) is 2.05. The van der Waals surface area contributed by atoms with Gasteiger partial charge in [0.2, 0.25) is 0 Å². The molecule has 0 amide bonds. The zero-order valence-electron chi connectivity index (χ0n) is 5.90. The Kier molecular flexibility index (Phi) is 2.44. The number of aromatic hydroxyl groups is 1. The van der Waals surface area contributed by atoms with Crippen LogP contribution in [0.2, 0.25) is 0 Å². The minimum Gasteiger partial charge on any atom is -0.506 e. The van der Waals surface area contributed by atoms with Gasteiger partial charge in [-0.1, -0.05) is 0 Å².